The van der Waals surface area contributed by atoms with Gasteiger partial charge in [0.15, 0.2) is 0 Å². The molecule has 1 unspecified atom stereocenters. The Labute approximate surface area is 132 Å². The highest BCUT2D eigenvalue weighted by molar-refractivity contribution is 5.76. The molecule has 0 saturated carbocycles. The second-order valence-corrected chi connectivity index (χ2v) is 6.16. The van der Waals surface area contributed by atoms with Crippen LogP contribution in [0.25, 0.3) is 0 Å². The summed E-state index contributed by atoms with van der Waals surface area (Å²) in [6.45, 7) is 4.69. The summed E-state index contributed by atoms with van der Waals surface area (Å²) in [6.07, 6.45) is 7.18. The van der Waals surface area contributed by atoms with Crippen molar-refractivity contribution in [3.8, 4) is 0 Å². The molecule has 5 nitrogen and oxygen atoms in total. The van der Waals surface area contributed by atoms with Crippen molar-refractivity contribution in [1.29, 1.82) is 0 Å². The number of morpholine rings is 1. The Morgan fingerprint density at radius 1 is 1.18 bits per heavy atom. The number of carbonyl (C=O) groups excluding carboxylic acids is 1. The van der Waals surface area contributed by atoms with Crippen molar-refractivity contribution in [1.82, 2.24) is 9.80 Å². The number of hydrogen-bond donors (Lipinski definition) is 0. The SMILES string of the molecule is O=C(CCN1CCCCCC1c1ccco1)N1CCOCC1. The predicted octanol–water partition coefficient (Wildman–Crippen LogP) is 2.45. The van der Waals surface area contributed by atoms with Crippen molar-refractivity contribution in [2.24, 2.45) is 0 Å². The maximum Gasteiger partial charge on any atom is 0.224 e. The van der Waals surface area contributed by atoms with Gasteiger partial charge in [-0.05, 0) is 31.5 Å². The minimum absolute atomic E-state index is 0.255. The van der Waals surface area contributed by atoms with Crippen LogP contribution in [0.2, 0.25) is 0 Å². The fourth-order valence-electron chi connectivity index (χ4n) is 3.45. The number of nitrogens with zero attached hydrogens (tertiary/aromatic N) is 2. The highest BCUT2D eigenvalue weighted by atomic mass is 16.5. The normalized spacial score (nSPS) is 24.2. The topological polar surface area (TPSA) is 45.9 Å². The molecule has 0 aromatic carbocycles. The first kappa shape index (κ1) is 15.6. The van der Waals surface area contributed by atoms with E-state index < -0.39 is 0 Å². The van der Waals surface area contributed by atoms with Crippen molar-refractivity contribution >= 4 is 5.91 Å². The predicted molar refractivity (Wildman–Crippen MR) is 83.5 cm³/mol. The summed E-state index contributed by atoms with van der Waals surface area (Å²) < 4.78 is 10.9. The zero-order valence-corrected chi connectivity index (χ0v) is 13.2. The van der Waals surface area contributed by atoms with E-state index in [9.17, 15) is 4.79 Å². The fourth-order valence-corrected chi connectivity index (χ4v) is 3.45. The van der Waals surface area contributed by atoms with Gasteiger partial charge in [-0.25, -0.2) is 0 Å². The zero-order chi connectivity index (χ0) is 15.2. The van der Waals surface area contributed by atoms with Crippen LogP contribution in [0.1, 0.15) is 43.9 Å². The van der Waals surface area contributed by atoms with E-state index in [0.29, 0.717) is 25.7 Å². The molecule has 1 aromatic heterocycles. The maximum atomic E-state index is 12.3. The van der Waals surface area contributed by atoms with Crippen molar-refractivity contribution in [3.63, 3.8) is 0 Å². The van der Waals surface area contributed by atoms with Gasteiger partial charge in [0, 0.05) is 26.1 Å². The molecule has 3 heterocycles. The Balaban J connectivity index is 1.57. The van der Waals surface area contributed by atoms with Crippen molar-refractivity contribution in [3.05, 3.63) is 24.2 Å². The first-order valence-corrected chi connectivity index (χ1v) is 8.47. The minimum Gasteiger partial charge on any atom is -0.468 e. The largest absolute Gasteiger partial charge is 0.468 e. The van der Waals surface area contributed by atoms with Crippen LogP contribution in [0.15, 0.2) is 22.8 Å². The second kappa shape index (κ2) is 7.79. The van der Waals surface area contributed by atoms with Crippen molar-refractivity contribution in [2.45, 2.75) is 38.1 Å². The van der Waals surface area contributed by atoms with Gasteiger partial charge in [0.05, 0.1) is 25.5 Å². The lowest BCUT2D eigenvalue weighted by molar-refractivity contribution is -0.135. The number of ether oxygens (including phenoxy) is 1. The van der Waals surface area contributed by atoms with Gasteiger partial charge in [-0.2, -0.15) is 0 Å². The van der Waals surface area contributed by atoms with Gasteiger partial charge >= 0.3 is 0 Å². The van der Waals surface area contributed by atoms with E-state index in [-0.39, 0.29) is 5.91 Å². The van der Waals surface area contributed by atoms with Gasteiger partial charge < -0.3 is 14.1 Å². The number of hydrogen-bond acceptors (Lipinski definition) is 4. The molecule has 122 valence electrons. The summed E-state index contributed by atoms with van der Waals surface area (Å²) in [4.78, 5) is 16.7. The molecule has 0 bridgehead atoms. The van der Waals surface area contributed by atoms with Gasteiger partial charge in [-0.3, -0.25) is 9.69 Å². The third-order valence-electron chi connectivity index (χ3n) is 4.71. The molecule has 0 radical (unpaired) electrons. The second-order valence-electron chi connectivity index (χ2n) is 6.16. The molecule has 0 N–H and O–H groups in total. The Hall–Kier alpha value is -1.33. The van der Waals surface area contributed by atoms with Gasteiger partial charge in [-0.15, -0.1) is 0 Å². The Bertz CT molecular complexity index is 454. The van der Waals surface area contributed by atoms with E-state index in [2.05, 4.69) is 11.0 Å². The summed E-state index contributed by atoms with van der Waals surface area (Å²) in [5.41, 5.74) is 0. The summed E-state index contributed by atoms with van der Waals surface area (Å²) in [6, 6.07) is 4.35. The standard InChI is InChI=1S/C17H26N2O3/c20-17(19-10-13-21-14-11-19)7-9-18-8-3-1-2-5-15(18)16-6-4-12-22-16/h4,6,12,15H,1-3,5,7-11,13-14H2. The number of likely N-dealkylation sites (tertiary alicyclic amines) is 1. The lowest BCUT2D eigenvalue weighted by atomic mass is 10.1. The Morgan fingerprint density at radius 3 is 2.82 bits per heavy atom. The van der Waals surface area contributed by atoms with Crippen LogP contribution in [-0.2, 0) is 9.53 Å². The van der Waals surface area contributed by atoms with Crippen LogP contribution in [0.5, 0.6) is 0 Å². The molecular formula is C17H26N2O3. The van der Waals surface area contributed by atoms with Gasteiger partial charge in [0.25, 0.3) is 0 Å². The maximum absolute atomic E-state index is 12.3. The third-order valence-corrected chi connectivity index (χ3v) is 4.71. The van der Waals surface area contributed by atoms with Crippen LogP contribution in [0.4, 0.5) is 0 Å². The first-order valence-electron chi connectivity index (χ1n) is 8.47. The molecule has 22 heavy (non-hydrogen) atoms. The van der Waals surface area contributed by atoms with Gasteiger partial charge in [0.2, 0.25) is 5.91 Å². The Morgan fingerprint density at radius 2 is 2.05 bits per heavy atom. The zero-order valence-electron chi connectivity index (χ0n) is 13.2. The first-order chi connectivity index (χ1) is 10.8. The summed E-state index contributed by atoms with van der Waals surface area (Å²) in [5, 5.41) is 0. The molecule has 2 aliphatic heterocycles. The summed E-state index contributed by atoms with van der Waals surface area (Å²) in [7, 11) is 0. The molecule has 5 heteroatoms. The molecule has 2 fully saturated rings. The van der Waals surface area contributed by atoms with Crippen LogP contribution in [0.3, 0.4) is 0 Å². The van der Waals surface area contributed by atoms with Crippen LogP contribution in [-0.4, -0.2) is 55.1 Å². The number of rotatable bonds is 4. The average Bonchev–Trinajstić information content (AvgIpc) is 2.99. The van der Waals surface area contributed by atoms with Crippen molar-refractivity contribution in [2.75, 3.05) is 39.4 Å². The third kappa shape index (κ3) is 3.90. The molecule has 2 saturated heterocycles. The van der Waals surface area contributed by atoms with E-state index >= 15 is 0 Å². The minimum atomic E-state index is 0.255. The number of amides is 1. The van der Waals surface area contributed by atoms with Crippen LogP contribution >= 0.6 is 0 Å². The van der Waals surface area contributed by atoms with E-state index in [1.54, 1.807) is 6.26 Å². The molecule has 1 amide bonds. The number of furan rings is 1. The smallest absolute Gasteiger partial charge is 0.224 e. The quantitative estimate of drug-likeness (QED) is 0.857. The summed E-state index contributed by atoms with van der Waals surface area (Å²) >= 11 is 0. The molecule has 0 spiro atoms. The van der Waals surface area contributed by atoms with E-state index in [1.165, 1.54) is 19.3 Å². The lowest BCUT2D eigenvalue weighted by Gasteiger charge is -2.30. The van der Waals surface area contributed by atoms with Crippen molar-refractivity contribution < 1.29 is 13.9 Å². The Kier molecular flexibility index (Phi) is 5.51. The van der Waals surface area contributed by atoms with Gasteiger partial charge in [0.1, 0.15) is 5.76 Å². The molecule has 1 atom stereocenters. The molecule has 2 aliphatic rings. The van der Waals surface area contributed by atoms with Crippen LogP contribution < -0.4 is 0 Å². The highest BCUT2D eigenvalue weighted by Crippen LogP contribution is 2.30. The lowest BCUT2D eigenvalue weighted by Crippen LogP contribution is -2.42. The monoisotopic (exact) mass is 306 g/mol. The molecular weight excluding hydrogens is 280 g/mol. The fraction of sp³-hybridized carbons (Fsp3) is 0.706. The molecule has 0 aliphatic carbocycles. The van der Waals surface area contributed by atoms with Gasteiger partial charge in [-0.1, -0.05) is 12.8 Å². The number of carbonyl (C=O) groups is 1. The van der Waals surface area contributed by atoms with E-state index in [4.69, 9.17) is 9.15 Å². The summed E-state index contributed by atoms with van der Waals surface area (Å²) in [5.74, 6) is 1.30. The highest BCUT2D eigenvalue weighted by Gasteiger charge is 2.26. The molecule has 3 rings (SSSR count). The van der Waals surface area contributed by atoms with E-state index in [1.807, 2.05) is 11.0 Å². The molecule has 1 aromatic rings. The average molecular weight is 306 g/mol. The van der Waals surface area contributed by atoms with Crippen LogP contribution in [0, 0.1) is 0 Å². The van der Waals surface area contributed by atoms with E-state index in [0.717, 1.165) is 38.4 Å².